The van der Waals surface area contributed by atoms with Crippen LogP contribution in [0.2, 0.25) is 0 Å². The molecular formula is C21H20O10. The molecule has 0 unspecified atom stereocenters. The third-order valence-electron chi connectivity index (χ3n) is 5.11. The summed E-state index contributed by atoms with van der Waals surface area (Å²) >= 11 is 0. The number of fused-ring (bicyclic) bond motifs is 1. The molecule has 0 saturated carbocycles. The van der Waals surface area contributed by atoms with Gasteiger partial charge < -0.3 is 44.5 Å². The highest BCUT2D eigenvalue weighted by Crippen LogP contribution is 2.32. The van der Waals surface area contributed by atoms with E-state index in [0.29, 0.717) is 5.56 Å². The summed E-state index contributed by atoms with van der Waals surface area (Å²) in [4.78, 5) is 12.9. The van der Waals surface area contributed by atoms with Crippen LogP contribution in [0.25, 0.3) is 22.1 Å². The minimum Gasteiger partial charge on any atom is -0.508 e. The second-order valence-corrected chi connectivity index (χ2v) is 7.16. The van der Waals surface area contributed by atoms with Crippen molar-refractivity contribution in [1.82, 2.24) is 0 Å². The molecule has 5 atom stereocenters. The maximum Gasteiger partial charge on any atom is 0.229 e. The van der Waals surface area contributed by atoms with Gasteiger partial charge in [-0.05, 0) is 17.7 Å². The quantitative estimate of drug-likeness (QED) is 0.331. The minimum absolute atomic E-state index is 0.00730. The molecule has 1 fully saturated rings. The molecule has 0 spiro atoms. The van der Waals surface area contributed by atoms with Gasteiger partial charge in [-0.1, -0.05) is 12.1 Å². The summed E-state index contributed by atoms with van der Waals surface area (Å²) in [5.74, 6) is -0.465. The normalized spacial score (nSPS) is 26.1. The molecule has 6 N–H and O–H groups in total. The van der Waals surface area contributed by atoms with E-state index in [1.165, 1.54) is 36.6 Å². The predicted octanol–water partition coefficient (Wildman–Crippen LogP) is 0.0499. The van der Waals surface area contributed by atoms with Crippen molar-refractivity contribution in [2.75, 3.05) is 6.61 Å². The Hall–Kier alpha value is -3.15. The molecule has 0 amide bonds. The zero-order valence-corrected chi connectivity index (χ0v) is 16.0. The molecule has 3 aromatic rings. The first-order valence-corrected chi connectivity index (χ1v) is 9.35. The van der Waals surface area contributed by atoms with Crippen molar-refractivity contribution in [2.24, 2.45) is 0 Å². The minimum atomic E-state index is -1.64. The molecule has 0 aliphatic carbocycles. The molecule has 1 aromatic heterocycles. The number of aliphatic hydroxyl groups excluding tert-OH is 4. The van der Waals surface area contributed by atoms with Crippen LogP contribution in [-0.4, -0.2) is 68.0 Å². The number of rotatable bonds is 4. The molecule has 31 heavy (non-hydrogen) atoms. The zero-order chi connectivity index (χ0) is 22.3. The van der Waals surface area contributed by atoms with Crippen LogP contribution >= 0.6 is 0 Å². The van der Waals surface area contributed by atoms with Gasteiger partial charge in [-0.3, -0.25) is 4.79 Å². The van der Waals surface area contributed by atoms with E-state index in [-0.39, 0.29) is 28.0 Å². The Morgan fingerprint density at radius 3 is 2.35 bits per heavy atom. The molecule has 10 heteroatoms. The topological polar surface area (TPSA) is 170 Å². The van der Waals surface area contributed by atoms with E-state index >= 15 is 0 Å². The zero-order valence-electron chi connectivity index (χ0n) is 16.0. The fourth-order valence-electron chi connectivity index (χ4n) is 3.41. The van der Waals surface area contributed by atoms with Crippen molar-refractivity contribution < 1.29 is 44.5 Å². The second kappa shape index (κ2) is 8.17. The highest BCUT2D eigenvalue weighted by molar-refractivity contribution is 5.88. The van der Waals surface area contributed by atoms with E-state index in [9.17, 15) is 35.4 Å². The van der Waals surface area contributed by atoms with Gasteiger partial charge in [0.15, 0.2) is 0 Å². The summed E-state index contributed by atoms with van der Waals surface area (Å²) in [6.07, 6.45) is -6.23. The fraction of sp³-hybridized carbons (Fsp3) is 0.286. The van der Waals surface area contributed by atoms with Crippen molar-refractivity contribution in [3.05, 3.63) is 52.9 Å². The van der Waals surface area contributed by atoms with Crippen molar-refractivity contribution in [1.29, 1.82) is 0 Å². The Kier molecular flexibility index (Phi) is 5.56. The van der Waals surface area contributed by atoms with E-state index in [0.717, 1.165) is 6.07 Å². The summed E-state index contributed by atoms with van der Waals surface area (Å²) in [5, 5.41) is 58.8. The van der Waals surface area contributed by atoms with E-state index in [1.54, 1.807) is 0 Å². The Labute approximate surface area is 174 Å². The first-order chi connectivity index (χ1) is 14.8. The Morgan fingerprint density at radius 2 is 1.68 bits per heavy atom. The highest BCUT2D eigenvalue weighted by Gasteiger charge is 2.44. The third kappa shape index (κ3) is 3.82. The van der Waals surface area contributed by atoms with Gasteiger partial charge in [0.2, 0.25) is 11.7 Å². The maximum atomic E-state index is 12.9. The van der Waals surface area contributed by atoms with Crippen LogP contribution in [0.15, 0.2) is 51.9 Å². The monoisotopic (exact) mass is 432 g/mol. The molecule has 2 heterocycles. The lowest BCUT2D eigenvalue weighted by Crippen LogP contribution is -2.60. The van der Waals surface area contributed by atoms with Crippen molar-refractivity contribution in [2.45, 2.75) is 30.7 Å². The molecule has 1 aliphatic heterocycles. The van der Waals surface area contributed by atoms with E-state index in [2.05, 4.69) is 0 Å². The molecule has 10 nitrogen and oxygen atoms in total. The number of hydrogen-bond donors (Lipinski definition) is 6. The van der Waals surface area contributed by atoms with Crippen LogP contribution in [0.5, 0.6) is 17.2 Å². The lowest BCUT2D eigenvalue weighted by Gasteiger charge is -2.39. The van der Waals surface area contributed by atoms with Crippen LogP contribution in [-0.2, 0) is 4.74 Å². The number of aliphatic hydroxyl groups is 4. The molecule has 0 radical (unpaired) electrons. The fourth-order valence-corrected chi connectivity index (χ4v) is 3.41. The number of phenols is 2. The molecule has 4 rings (SSSR count). The largest absolute Gasteiger partial charge is 0.508 e. The molecule has 1 aliphatic rings. The van der Waals surface area contributed by atoms with Gasteiger partial charge in [0.1, 0.15) is 58.9 Å². The number of hydrogen-bond acceptors (Lipinski definition) is 10. The van der Waals surface area contributed by atoms with Crippen LogP contribution in [0.3, 0.4) is 0 Å². The summed E-state index contributed by atoms with van der Waals surface area (Å²) in [5.41, 5.74) is 0.135. The molecule has 1 saturated heterocycles. The Balaban J connectivity index is 1.68. The van der Waals surface area contributed by atoms with Crippen molar-refractivity contribution in [3.8, 4) is 28.4 Å². The van der Waals surface area contributed by atoms with E-state index in [4.69, 9.17) is 13.9 Å². The van der Waals surface area contributed by atoms with Crippen LogP contribution < -0.4 is 10.2 Å². The van der Waals surface area contributed by atoms with Crippen LogP contribution in [0.1, 0.15) is 0 Å². The van der Waals surface area contributed by atoms with Crippen molar-refractivity contribution >= 4 is 11.0 Å². The van der Waals surface area contributed by atoms with Gasteiger partial charge in [-0.25, -0.2) is 0 Å². The summed E-state index contributed by atoms with van der Waals surface area (Å²) in [6, 6.07) is 8.29. The van der Waals surface area contributed by atoms with Gasteiger partial charge >= 0.3 is 0 Å². The van der Waals surface area contributed by atoms with Gasteiger partial charge in [-0.15, -0.1) is 0 Å². The summed E-state index contributed by atoms with van der Waals surface area (Å²) in [7, 11) is 0. The number of ether oxygens (including phenoxy) is 2. The lowest BCUT2D eigenvalue weighted by atomic mass is 9.99. The predicted molar refractivity (Wildman–Crippen MR) is 106 cm³/mol. The van der Waals surface area contributed by atoms with E-state index < -0.39 is 48.5 Å². The smallest absolute Gasteiger partial charge is 0.229 e. The number of benzene rings is 2. The lowest BCUT2D eigenvalue weighted by molar-refractivity contribution is -0.277. The highest BCUT2D eigenvalue weighted by atomic mass is 16.7. The van der Waals surface area contributed by atoms with Crippen molar-refractivity contribution in [3.63, 3.8) is 0 Å². The first kappa shape index (κ1) is 21.1. The summed E-state index contributed by atoms with van der Waals surface area (Å²) < 4.78 is 16.2. The van der Waals surface area contributed by atoms with Gasteiger partial charge in [0, 0.05) is 12.1 Å². The van der Waals surface area contributed by atoms with E-state index in [1.807, 2.05) is 0 Å². The molecular weight excluding hydrogens is 412 g/mol. The Morgan fingerprint density at radius 1 is 0.968 bits per heavy atom. The number of aromatic hydroxyl groups is 2. The molecule has 2 aromatic carbocycles. The standard InChI is InChI=1S/C21H20O10/c22-7-15-18(26)19(27)20(28)21(31-15)30-11-5-13(24)16-14(6-11)29-8-12(17(16)25)9-1-3-10(23)4-2-9/h1-6,8,15,18-24,26-28H,7H2/t15-,18+,19+,20-,21+/m1/s1. The molecule has 0 bridgehead atoms. The van der Waals surface area contributed by atoms with Gasteiger partial charge in [0.05, 0.1) is 12.2 Å². The SMILES string of the molecule is O=c1c(-c2ccc(O)cc2)coc2cc(O[C@H]3O[C@H](CO)[C@H](O)[C@H](O)[C@H]3O)cc(O)c12. The first-order valence-electron chi connectivity index (χ1n) is 9.35. The number of phenolic OH excluding ortho intramolecular Hbond substituents is 2. The third-order valence-corrected chi connectivity index (χ3v) is 5.11. The molecule has 164 valence electrons. The summed E-state index contributed by atoms with van der Waals surface area (Å²) in [6.45, 7) is -0.622. The average Bonchev–Trinajstić information content (AvgIpc) is 2.75. The second-order valence-electron chi connectivity index (χ2n) is 7.16. The Bertz CT molecular complexity index is 1140. The van der Waals surface area contributed by atoms with Gasteiger partial charge in [-0.2, -0.15) is 0 Å². The maximum absolute atomic E-state index is 12.9. The van der Waals surface area contributed by atoms with Crippen LogP contribution in [0.4, 0.5) is 0 Å². The average molecular weight is 432 g/mol. The van der Waals surface area contributed by atoms with Crippen LogP contribution in [0, 0.1) is 0 Å². The van der Waals surface area contributed by atoms with Gasteiger partial charge in [0.25, 0.3) is 0 Å².